The third-order valence-corrected chi connectivity index (χ3v) is 5.23. The number of nitriles is 1. The number of rotatable bonds is 5. The average molecular weight is 608 g/mol. The third kappa shape index (κ3) is 6.08. The maximum Gasteiger partial charge on any atom is 0.319 e. The lowest BCUT2D eigenvalue weighted by molar-refractivity contribution is -0.115. The van der Waals surface area contributed by atoms with E-state index in [9.17, 15) is 9.59 Å². The van der Waals surface area contributed by atoms with Gasteiger partial charge in [-0.05, 0) is 75.0 Å². The fraction of sp³-hybridized carbons (Fsp3) is 0.0556. The lowest BCUT2D eigenvalue weighted by Crippen LogP contribution is -2.35. The first-order valence-electron chi connectivity index (χ1n) is 7.39. The number of carbonyl (C=O) groups excluding carboxylic acids is 2. The monoisotopic (exact) mass is 607 g/mol. The van der Waals surface area contributed by atoms with Crippen molar-refractivity contribution in [2.45, 2.75) is 6.61 Å². The number of ether oxygens (including phenoxy) is 1. The Balaban J connectivity index is 2.24. The molecule has 2 aromatic rings. The molecule has 27 heavy (non-hydrogen) atoms. The SMILES string of the molecule is N#C/C(=C/c1cc(I)c(OCc2ccccc2Cl)c(I)c1)C(=O)NC(N)=O. The standard InChI is InChI=1S/C18H12ClI2N3O3/c19-13-4-2-1-3-11(13)9-27-16-14(20)6-10(7-15(16)21)5-12(8-22)17(25)24-18(23)26/h1-7H,9H2,(H3,23,24,25,26)/b12-5-. The number of imide groups is 1. The topological polar surface area (TPSA) is 105 Å². The van der Waals surface area contributed by atoms with Gasteiger partial charge in [-0.1, -0.05) is 29.8 Å². The zero-order chi connectivity index (χ0) is 20.0. The predicted octanol–water partition coefficient (Wildman–Crippen LogP) is 4.23. The molecule has 2 aromatic carbocycles. The predicted molar refractivity (Wildman–Crippen MR) is 119 cm³/mol. The number of halogens is 3. The molecule has 0 radical (unpaired) electrons. The zero-order valence-corrected chi connectivity index (χ0v) is 18.7. The number of benzene rings is 2. The Kier molecular flexibility index (Phi) is 7.88. The second-order valence-corrected chi connectivity index (χ2v) is 7.91. The van der Waals surface area contributed by atoms with Gasteiger partial charge in [-0.2, -0.15) is 5.26 Å². The van der Waals surface area contributed by atoms with Gasteiger partial charge in [-0.15, -0.1) is 0 Å². The van der Waals surface area contributed by atoms with E-state index in [1.54, 1.807) is 24.3 Å². The van der Waals surface area contributed by atoms with Gasteiger partial charge in [0.1, 0.15) is 24.0 Å². The van der Waals surface area contributed by atoms with Crippen molar-refractivity contribution < 1.29 is 14.3 Å². The summed E-state index contributed by atoms with van der Waals surface area (Å²) in [5, 5.41) is 11.6. The summed E-state index contributed by atoms with van der Waals surface area (Å²) in [6.45, 7) is 0.311. The van der Waals surface area contributed by atoms with Crippen molar-refractivity contribution in [1.29, 1.82) is 5.26 Å². The van der Waals surface area contributed by atoms with Gasteiger partial charge in [0.15, 0.2) is 0 Å². The molecule has 0 spiro atoms. The van der Waals surface area contributed by atoms with Gasteiger partial charge in [-0.3, -0.25) is 10.1 Å². The summed E-state index contributed by atoms with van der Waals surface area (Å²) >= 11 is 10.4. The third-order valence-electron chi connectivity index (χ3n) is 3.26. The summed E-state index contributed by atoms with van der Waals surface area (Å²) in [4.78, 5) is 22.5. The Hall–Kier alpha value is -1.84. The lowest BCUT2D eigenvalue weighted by atomic mass is 10.1. The second kappa shape index (κ2) is 9.91. The Labute approximate surface area is 188 Å². The normalized spacial score (nSPS) is 10.8. The largest absolute Gasteiger partial charge is 0.487 e. The fourth-order valence-electron chi connectivity index (χ4n) is 2.06. The quantitative estimate of drug-likeness (QED) is 0.302. The first-order valence-corrected chi connectivity index (χ1v) is 9.93. The van der Waals surface area contributed by atoms with E-state index in [2.05, 4.69) is 45.2 Å². The number of nitrogens with one attached hydrogen (secondary N) is 1. The molecule has 3 amide bonds. The summed E-state index contributed by atoms with van der Waals surface area (Å²) in [6.07, 6.45) is 1.38. The molecule has 0 heterocycles. The van der Waals surface area contributed by atoms with Crippen LogP contribution in [0.1, 0.15) is 11.1 Å². The van der Waals surface area contributed by atoms with Crippen LogP contribution in [-0.4, -0.2) is 11.9 Å². The molecule has 9 heteroatoms. The van der Waals surface area contributed by atoms with Gasteiger partial charge in [0.25, 0.3) is 5.91 Å². The van der Waals surface area contributed by atoms with Crippen molar-refractivity contribution in [3.05, 3.63) is 65.3 Å². The van der Waals surface area contributed by atoms with Crippen LogP contribution in [0.4, 0.5) is 4.79 Å². The van der Waals surface area contributed by atoms with Gasteiger partial charge in [-0.25, -0.2) is 4.79 Å². The van der Waals surface area contributed by atoms with Crippen molar-refractivity contribution in [2.24, 2.45) is 5.73 Å². The second-order valence-electron chi connectivity index (χ2n) is 5.18. The highest BCUT2D eigenvalue weighted by Gasteiger charge is 2.13. The van der Waals surface area contributed by atoms with E-state index >= 15 is 0 Å². The molecule has 0 aliphatic heterocycles. The van der Waals surface area contributed by atoms with Crippen LogP contribution in [0.3, 0.4) is 0 Å². The Morgan fingerprint density at radius 1 is 1.26 bits per heavy atom. The smallest absolute Gasteiger partial charge is 0.319 e. The Morgan fingerprint density at radius 2 is 1.89 bits per heavy atom. The number of urea groups is 1. The summed E-state index contributed by atoms with van der Waals surface area (Å²) in [6, 6.07) is 11.7. The van der Waals surface area contributed by atoms with Crippen LogP contribution in [0.15, 0.2) is 42.0 Å². The number of primary amides is 1. The van der Waals surface area contributed by atoms with E-state index in [1.807, 2.05) is 23.5 Å². The van der Waals surface area contributed by atoms with Crippen molar-refractivity contribution in [1.82, 2.24) is 5.32 Å². The molecule has 0 bridgehead atoms. The molecule has 2 rings (SSSR count). The highest BCUT2D eigenvalue weighted by Crippen LogP contribution is 2.31. The molecule has 6 nitrogen and oxygen atoms in total. The van der Waals surface area contributed by atoms with Gasteiger partial charge >= 0.3 is 6.03 Å². The van der Waals surface area contributed by atoms with Crippen LogP contribution < -0.4 is 15.8 Å². The maximum absolute atomic E-state index is 11.8. The molecule has 0 saturated carbocycles. The molecule has 0 aromatic heterocycles. The molecule has 0 unspecified atom stereocenters. The van der Waals surface area contributed by atoms with Crippen molar-refractivity contribution >= 4 is 74.8 Å². The summed E-state index contributed by atoms with van der Waals surface area (Å²) in [7, 11) is 0. The van der Waals surface area contributed by atoms with E-state index in [0.717, 1.165) is 12.7 Å². The molecule has 138 valence electrons. The van der Waals surface area contributed by atoms with Gasteiger partial charge in [0.2, 0.25) is 0 Å². The Bertz CT molecular complexity index is 948. The van der Waals surface area contributed by atoms with E-state index in [-0.39, 0.29) is 5.57 Å². The van der Waals surface area contributed by atoms with E-state index in [4.69, 9.17) is 27.3 Å². The molecule has 0 aliphatic rings. The van der Waals surface area contributed by atoms with Crippen molar-refractivity contribution in [3.8, 4) is 11.8 Å². The molecule has 0 aliphatic carbocycles. The lowest BCUT2D eigenvalue weighted by Gasteiger charge is -2.12. The fourth-order valence-corrected chi connectivity index (χ4v) is 4.38. The summed E-state index contributed by atoms with van der Waals surface area (Å²) < 4.78 is 7.49. The number of amides is 3. The van der Waals surface area contributed by atoms with E-state index < -0.39 is 11.9 Å². The van der Waals surface area contributed by atoms with Gasteiger partial charge in [0.05, 0.1) is 7.14 Å². The first kappa shape index (κ1) is 21.5. The average Bonchev–Trinajstić information content (AvgIpc) is 2.59. The van der Waals surface area contributed by atoms with Crippen molar-refractivity contribution in [2.75, 3.05) is 0 Å². The van der Waals surface area contributed by atoms with Gasteiger partial charge in [0, 0.05) is 10.6 Å². The molecule has 0 atom stereocenters. The number of nitrogens with two attached hydrogens (primary N) is 1. The summed E-state index contributed by atoms with van der Waals surface area (Å²) in [5.41, 5.74) is 6.15. The molecular formula is C18H12ClI2N3O3. The summed E-state index contributed by atoms with van der Waals surface area (Å²) in [5.74, 6) is -0.178. The van der Waals surface area contributed by atoms with Gasteiger partial charge < -0.3 is 10.5 Å². The molecule has 3 N–H and O–H groups in total. The van der Waals surface area contributed by atoms with Crippen LogP contribution in [0.5, 0.6) is 5.75 Å². The van der Waals surface area contributed by atoms with E-state index in [0.29, 0.717) is 22.9 Å². The maximum atomic E-state index is 11.8. The van der Waals surface area contributed by atoms with Crippen LogP contribution in [0.25, 0.3) is 6.08 Å². The van der Waals surface area contributed by atoms with Crippen molar-refractivity contribution in [3.63, 3.8) is 0 Å². The number of nitrogens with zero attached hydrogens (tertiary/aromatic N) is 1. The Morgan fingerprint density at radius 3 is 2.44 bits per heavy atom. The van der Waals surface area contributed by atoms with E-state index in [1.165, 1.54) is 6.08 Å². The number of hydrogen-bond acceptors (Lipinski definition) is 4. The van der Waals surface area contributed by atoms with Crippen LogP contribution in [0, 0.1) is 18.5 Å². The number of hydrogen-bond donors (Lipinski definition) is 2. The van der Waals surface area contributed by atoms with Crippen LogP contribution >= 0.6 is 56.8 Å². The minimum atomic E-state index is -1.02. The zero-order valence-electron chi connectivity index (χ0n) is 13.6. The van der Waals surface area contributed by atoms with Crippen LogP contribution in [-0.2, 0) is 11.4 Å². The molecular weight excluding hydrogens is 595 g/mol. The molecule has 0 saturated heterocycles. The van der Waals surface area contributed by atoms with Crippen LogP contribution in [0.2, 0.25) is 5.02 Å². The number of carbonyl (C=O) groups is 2. The molecule has 0 fully saturated rings. The highest BCUT2D eigenvalue weighted by atomic mass is 127. The minimum Gasteiger partial charge on any atom is -0.487 e. The minimum absolute atomic E-state index is 0.231. The highest BCUT2D eigenvalue weighted by molar-refractivity contribution is 14.1. The first-order chi connectivity index (χ1) is 12.8.